The highest BCUT2D eigenvalue weighted by atomic mass is 16.5. The molecule has 30 heavy (non-hydrogen) atoms. The molecular formula is C25H23N3O2. The standard InChI is InChI=1S/C25H23N3O2/c1-5-8-19-13-18(15-23(29-7-3)24(19)30-11-6-2)14-20(16-26)25-27-21-10-9-17(4)12-22(21)28-25/h2,5,9-10,12-15H,1,7-8,11H2,3-4H3,(H,27,28)/b20-14-. The number of H-pyrrole nitrogens is 1. The second kappa shape index (κ2) is 9.49. The van der Waals surface area contributed by atoms with Crippen LogP contribution in [0.4, 0.5) is 0 Å². The number of imidazole rings is 1. The lowest BCUT2D eigenvalue weighted by Crippen LogP contribution is -2.03. The number of terminal acetylenes is 1. The number of fused-ring (bicyclic) bond motifs is 1. The Bertz CT molecular complexity index is 1190. The van der Waals surface area contributed by atoms with Crippen LogP contribution in [0.25, 0.3) is 22.7 Å². The summed E-state index contributed by atoms with van der Waals surface area (Å²) in [5.74, 6) is 4.18. The van der Waals surface area contributed by atoms with Gasteiger partial charge in [0, 0.05) is 5.56 Å². The number of nitrogens with zero attached hydrogens (tertiary/aromatic N) is 2. The van der Waals surface area contributed by atoms with E-state index in [0.29, 0.717) is 35.9 Å². The van der Waals surface area contributed by atoms with Crippen molar-refractivity contribution < 1.29 is 9.47 Å². The second-order valence-corrected chi connectivity index (χ2v) is 6.70. The van der Waals surface area contributed by atoms with Crippen molar-refractivity contribution in [2.75, 3.05) is 13.2 Å². The highest BCUT2D eigenvalue weighted by Gasteiger charge is 2.14. The maximum Gasteiger partial charge on any atom is 0.166 e. The number of benzene rings is 2. The molecule has 0 aliphatic carbocycles. The lowest BCUT2D eigenvalue weighted by atomic mass is 10.0. The Morgan fingerprint density at radius 3 is 2.83 bits per heavy atom. The number of allylic oxidation sites excluding steroid dienone is 2. The first-order valence-corrected chi connectivity index (χ1v) is 9.65. The minimum Gasteiger partial charge on any atom is -0.490 e. The number of hydrogen-bond donors (Lipinski definition) is 1. The highest BCUT2D eigenvalue weighted by Crippen LogP contribution is 2.35. The molecule has 0 fully saturated rings. The van der Waals surface area contributed by atoms with Crippen LogP contribution in [-0.2, 0) is 6.42 Å². The second-order valence-electron chi connectivity index (χ2n) is 6.70. The number of nitriles is 1. The van der Waals surface area contributed by atoms with Crippen LogP contribution in [0.5, 0.6) is 11.5 Å². The Kier molecular flexibility index (Phi) is 6.57. The average molecular weight is 397 g/mol. The van der Waals surface area contributed by atoms with Crippen LogP contribution in [-0.4, -0.2) is 23.2 Å². The van der Waals surface area contributed by atoms with Crippen LogP contribution in [0, 0.1) is 30.6 Å². The van der Waals surface area contributed by atoms with Crippen molar-refractivity contribution in [1.29, 1.82) is 5.26 Å². The average Bonchev–Trinajstić information content (AvgIpc) is 3.15. The molecule has 0 saturated heterocycles. The number of rotatable bonds is 8. The summed E-state index contributed by atoms with van der Waals surface area (Å²) in [7, 11) is 0. The molecule has 0 amide bonds. The summed E-state index contributed by atoms with van der Waals surface area (Å²) in [6.45, 7) is 8.35. The maximum atomic E-state index is 9.76. The van der Waals surface area contributed by atoms with Gasteiger partial charge in [-0.1, -0.05) is 18.1 Å². The molecule has 0 aliphatic rings. The van der Waals surface area contributed by atoms with Crippen molar-refractivity contribution in [3.05, 3.63) is 65.5 Å². The smallest absolute Gasteiger partial charge is 0.166 e. The summed E-state index contributed by atoms with van der Waals surface area (Å²) < 4.78 is 11.5. The van der Waals surface area contributed by atoms with E-state index in [9.17, 15) is 5.26 Å². The Balaban J connectivity index is 2.09. The molecule has 1 N–H and O–H groups in total. The molecule has 3 rings (SSSR count). The van der Waals surface area contributed by atoms with Gasteiger partial charge in [0.1, 0.15) is 18.5 Å². The van der Waals surface area contributed by atoms with E-state index < -0.39 is 0 Å². The molecule has 1 aromatic heterocycles. The van der Waals surface area contributed by atoms with Crippen molar-refractivity contribution in [3.8, 4) is 29.9 Å². The molecule has 0 saturated carbocycles. The number of nitrogens with one attached hydrogen (secondary N) is 1. The van der Waals surface area contributed by atoms with Crippen LogP contribution < -0.4 is 9.47 Å². The van der Waals surface area contributed by atoms with Gasteiger partial charge < -0.3 is 14.5 Å². The lowest BCUT2D eigenvalue weighted by Gasteiger charge is -2.15. The first-order chi connectivity index (χ1) is 14.6. The first kappa shape index (κ1) is 20.8. The van der Waals surface area contributed by atoms with Gasteiger partial charge in [-0.3, -0.25) is 0 Å². The fraction of sp³-hybridized carbons (Fsp3) is 0.200. The zero-order valence-corrected chi connectivity index (χ0v) is 17.2. The van der Waals surface area contributed by atoms with Crippen molar-refractivity contribution in [3.63, 3.8) is 0 Å². The summed E-state index contributed by atoms with van der Waals surface area (Å²) in [6, 6.07) is 12.0. The van der Waals surface area contributed by atoms with Gasteiger partial charge in [-0.15, -0.1) is 13.0 Å². The summed E-state index contributed by atoms with van der Waals surface area (Å²) >= 11 is 0. The third kappa shape index (κ3) is 4.54. The fourth-order valence-corrected chi connectivity index (χ4v) is 3.19. The topological polar surface area (TPSA) is 70.9 Å². The molecular weight excluding hydrogens is 374 g/mol. The predicted molar refractivity (Wildman–Crippen MR) is 120 cm³/mol. The van der Waals surface area contributed by atoms with Gasteiger partial charge in [-0.2, -0.15) is 5.26 Å². The van der Waals surface area contributed by atoms with Crippen LogP contribution in [0.15, 0.2) is 43.0 Å². The number of hydrogen-bond acceptors (Lipinski definition) is 4. The van der Waals surface area contributed by atoms with Gasteiger partial charge >= 0.3 is 0 Å². The number of ether oxygens (including phenoxy) is 2. The number of aryl methyl sites for hydroxylation is 1. The van der Waals surface area contributed by atoms with Gasteiger partial charge in [-0.25, -0.2) is 4.98 Å². The van der Waals surface area contributed by atoms with Gasteiger partial charge in [-0.05, 0) is 61.7 Å². The lowest BCUT2D eigenvalue weighted by molar-refractivity contribution is 0.297. The third-order valence-electron chi connectivity index (χ3n) is 4.44. The van der Waals surface area contributed by atoms with E-state index in [1.54, 1.807) is 12.2 Å². The van der Waals surface area contributed by atoms with E-state index in [0.717, 1.165) is 27.7 Å². The molecule has 0 bridgehead atoms. The van der Waals surface area contributed by atoms with Crippen molar-refractivity contribution in [2.24, 2.45) is 0 Å². The predicted octanol–water partition coefficient (Wildman–Crippen LogP) is 5.07. The van der Waals surface area contributed by atoms with Crippen LogP contribution in [0.1, 0.15) is 29.4 Å². The van der Waals surface area contributed by atoms with E-state index in [-0.39, 0.29) is 6.61 Å². The van der Waals surface area contributed by atoms with Crippen LogP contribution >= 0.6 is 0 Å². The van der Waals surface area contributed by atoms with Crippen molar-refractivity contribution in [2.45, 2.75) is 20.3 Å². The molecule has 3 aromatic rings. The normalized spacial score (nSPS) is 11.0. The number of aromatic nitrogens is 2. The molecule has 5 nitrogen and oxygen atoms in total. The van der Waals surface area contributed by atoms with Gasteiger partial charge in [0.25, 0.3) is 0 Å². The summed E-state index contributed by atoms with van der Waals surface area (Å²) in [6.07, 6.45) is 9.50. The Morgan fingerprint density at radius 2 is 2.13 bits per heavy atom. The Hall–Kier alpha value is -3.96. The van der Waals surface area contributed by atoms with E-state index in [4.69, 9.17) is 15.9 Å². The zero-order chi connectivity index (χ0) is 21.5. The van der Waals surface area contributed by atoms with E-state index >= 15 is 0 Å². The largest absolute Gasteiger partial charge is 0.490 e. The Morgan fingerprint density at radius 1 is 1.30 bits per heavy atom. The highest BCUT2D eigenvalue weighted by molar-refractivity contribution is 5.90. The zero-order valence-electron chi connectivity index (χ0n) is 17.2. The van der Waals surface area contributed by atoms with Gasteiger partial charge in [0.05, 0.1) is 23.2 Å². The molecule has 0 aliphatic heterocycles. The summed E-state index contributed by atoms with van der Waals surface area (Å²) in [4.78, 5) is 7.79. The molecule has 1 heterocycles. The third-order valence-corrected chi connectivity index (χ3v) is 4.44. The first-order valence-electron chi connectivity index (χ1n) is 9.65. The van der Waals surface area contributed by atoms with E-state index in [1.165, 1.54) is 0 Å². The Labute approximate surface area is 176 Å². The summed E-state index contributed by atoms with van der Waals surface area (Å²) in [5, 5.41) is 9.76. The number of aromatic amines is 1. The minimum absolute atomic E-state index is 0.140. The van der Waals surface area contributed by atoms with Crippen LogP contribution in [0.2, 0.25) is 0 Å². The van der Waals surface area contributed by atoms with Crippen molar-refractivity contribution >= 4 is 22.7 Å². The molecule has 2 aromatic carbocycles. The quantitative estimate of drug-likeness (QED) is 0.327. The molecule has 0 radical (unpaired) electrons. The van der Waals surface area contributed by atoms with Gasteiger partial charge in [0.2, 0.25) is 0 Å². The molecule has 5 heteroatoms. The molecule has 0 unspecified atom stereocenters. The van der Waals surface area contributed by atoms with E-state index in [2.05, 4.69) is 28.5 Å². The molecule has 0 atom stereocenters. The maximum absolute atomic E-state index is 9.76. The van der Waals surface area contributed by atoms with E-state index in [1.807, 2.05) is 44.2 Å². The fourth-order valence-electron chi connectivity index (χ4n) is 3.19. The molecule has 0 spiro atoms. The summed E-state index contributed by atoms with van der Waals surface area (Å²) in [5.41, 5.74) is 4.95. The van der Waals surface area contributed by atoms with Crippen LogP contribution in [0.3, 0.4) is 0 Å². The minimum atomic E-state index is 0.140. The van der Waals surface area contributed by atoms with Crippen molar-refractivity contribution in [1.82, 2.24) is 9.97 Å². The monoisotopic (exact) mass is 397 g/mol. The van der Waals surface area contributed by atoms with Gasteiger partial charge in [0.15, 0.2) is 11.5 Å². The molecule has 150 valence electrons. The SMILES string of the molecule is C#CCOc1c(CC=C)cc(/C=C(/C#N)c2nc3ccc(C)cc3[nH]2)cc1OCC.